The number of rotatable bonds is 3. The van der Waals surface area contributed by atoms with Crippen molar-refractivity contribution in [1.29, 1.82) is 0 Å². The summed E-state index contributed by atoms with van der Waals surface area (Å²) in [5.74, 6) is -1.01. The summed E-state index contributed by atoms with van der Waals surface area (Å²) in [7, 11) is 1.86. The molecule has 0 fully saturated rings. The van der Waals surface area contributed by atoms with Crippen LogP contribution in [-0.4, -0.2) is 19.7 Å². The van der Waals surface area contributed by atoms with E-state index < -0.39 is 11.6 Å². The van der Waals surface area contributed by atoms with E-state index in [1.165, 1.54) is 6.07 Å². The van der Waals surface area contributed by atoms with Gasteiger partial charge in [-0.25, -0.2) is 8.78 Å². The maximum atomic E-state index is 14.0. The zero-order valence-electron chi connectivity index (χ0n) is 11.1. The molecule has 2 nitrogen and oxygen atoms in total. The van der Waals surface area contributed by atoms with Gasteiger partial charge in [0.25, 0.3) is 0 Å². The number of hydrogen-bond acceptors (Lipinski definition) is 2. The monoisotopic (exact) mass is 275 g/mol. The van der Waals surface area contributed by atoms with E-state index >= 15 is 0 Å². The predicted molar refractivity (Wildman–Crippen MR) is 73.8 cm³/mol. The number of nitrogens with one attached hydrogen (secondary N) is 1. The Bertz CT molecular complexity index is 642. The SMILES string of the molecule is CNCC1Cc2cccc(-c3cccc(F)c3F)c2O1. The van der Waals surface area contributed by atoms with Crippen LogP contribution in [0.5, 0.6) is 5.75 Å². The largest absolute Gasteiger partial charge is 0.488 e. The number of para-hydroxylation sites is 1. The van der Waals surface area contributed by atoms with Gasteiger partial charge in [-0.1, -0.05) is 30.3 Å². The fourth-order valence-electron chi connectivity index (χ4n) is 2.60. The molecule has 3 rings (SSSR count). The topological polar surface area (TPSA) is 21.3 Å². The van der Waals surface area contributed by atoms with Crippen molar-refractivity contribution in [2.45, 2.75) is 12.5 Å². The maximum absolute atomic E-state index is 14.0. The van der Waals surface area contributed by atoms with Crippen molar-refractivity contribution in [3.8, 4) is 16.9 Å². The van der Waals surface area contributed by atoms with Crippen LogP contribution in [0.25, 0.3) is 11.1 Å². The van der Waals surface area contributed by atoms with Gasteiger partial charge >= 0.3 is 0 Å². The molecule has 0 bridgehead atoms. The van der Waals surface area contributed by atoms with Crippen LogP contribution in [0.2, 0.25) is 0 Å². The molecule has 0 radical (unpaired) electrons. The third-order valence-corrected chi connectivity index (χ3v) is 3.50. The molecule has 1 aliphatic rings. The Kier molecular flexibility index (Phi) is 3.40. The van der Waals surface area contributed by atoms with E-state index in [1.54, 1.807) is 12.1 Å². The smallest absolute Gasteiger partial charge is 0.166 e. The van der Waals surface area contributed by atoms with Crippen LogP contribution < -0.4 is 10.1 Å². The van der Waals surface area contributed by atoms with Crippen LogP contribution in [-0.2, 0) is 6.42 Å². The second kappa shape index (κ2) is 5.21. The second-order valence-electron chi connectivity index (χ2n) is 4.90. The van der Waals surface area contributed by atoms with E-state index in [9.17, 15) is 8.78 Å². The molecule has 0 saturated carbocycles. The number of hydrogen-bond donors (Lipinski definition) is 1. The molecule has 0 amide bonds. The highest BCUT2D eigenvalue weighted by Gasteiger charge is 2.26. The minimum Gasteiger partial charge on any atom is -0.488 e. The first-order valence-corrected chi connectivity index (χ1v) is 6.58. The number of likely N-dealkylation sites (N-methyl/N-ethyl adjacent to an activating group) is 1. The first-order valence-electron chi connectivity index (χ1n) is 6.58. The summed E-state index contributed by atoms with van der Waals surface area (Å²) in [6, 6.07) is 9.77. The third-order valence-electron chi connectivity index (χ3n) is 3.50. The van der Waals surface area contributed by atoms with Gasteiger partial charge in [-0.3, -0.25) is 0 Å². The van der Waals surface area contributed by atoms with Crippen LogP contribution in [0.3, 0.4) is 0 Å². The molecule has 1 unspecified atom stereocenters. The van der Waals surface area contributed by atoms with Crippen LogP contribution in [0.1, 0.15) is 5.56 Å². The summed E-state index contributed by atoms with van der Waals surface area (Å²) in [6.45, 7) is 0.722. The summed E-state index contributed by atoms with van der Waals surface area (Å²) >= 11 is 0. The van der Waals surface area contributed by atoms with Crippen molar-refractivity contribution in [2.24, 2.45) is 0 Å². The van der Waals surface area contributed by atoms with Gasteiger partial charge in [-0.2, -0.15) is 0 Å². The van der Waals surface area contributed by atoms with Crippen LogP contribution in [0.4, 0.5) is 8.78 Å². The summed E-state index contributed by atoms with van der Waals surface area (Å²) < 4.78 is 33.2. The Morgan fingerprint density at radius 1 is 1.15 bits per heavy atom. The molecule has 2 aromatic rings. The zero-order valence-corrected chi connectivity index (χ0v) is 11.1. The van der Waals surface area contributed by atoms with Gasteiger partial charge in [0.15, 0.2) is 11.6 Å². The zero-order chi connectivity index (χ0) is 14.1. The van der Waals surface area contributed by atoms with Crippen LogP contribution in [0, 0.1) is 11.6 Å². The van der Waals surface area contributed by atoms with E-state index in [2.05, 4.69) is 5.32 Å². The molecule has 0 spiro atoms. The normalized spacial score (nSPS) is 16.9. The molecule has 1 N–H and O–H groups in total. The van der Waals surface area contributed by atoms with E-state index in [4.69, 9.17) is 4.74 Å². The lowest BCUT2D eigenvalue weighted by atomic mass is 10.00. The van der Waals surface area contributed by atoms with Crippen molar-refractivity contribution in [1.82, 2.24) is 5.32 Å². The average molecular weight is 275 g/mol. The molecule has 20 heavy (non-hydrogen) atoms. The number of ether oxygens (including phenoxy) is 1. The Balaban J connectivity index is 2.05. The van der Waals surface area contributed by atoms with Gasteiger partial charge in [0, 0.05) is 24.1 Å². The van der Waals surface area contributed by atoms with Crippen molar-refractivity contribution in [2.75, 3.05) is 13.6 Å². The Morgan fingerprint density at radius 2 is 1.90 bits per heavy atom. The summed E-state index contributed by atoms with van der Waals surface area (Å²) in [5, 5.41) is 3.07. The fourth-order valence-corrected chi connectivity index (χ4v) is 2.60. The third kappa shape index (κ3) is 2.16. The molecular weight excluding hydrogens is 260 g/mol. The summed E-state index contributed by atoms with van der Waals surface area (Å²) in [6.07, 6.45) is 0.814. The Labute approximate surface area is 116 Å². The highest BCUT2D eigenvalue weighted by molar-refractivity contribution is 5.73. The minimum atomic E-state index is -0.843. The molecular formula is C16H15F2NO. The first kappa shape index (κ1) is 13.1. The Morgan fingerprint density at radius 3 is 2.70 bits per heavy atom. The van der Waals surface area contributed by atoms with Gasteiger partial charge in [-0.15, -0.1) is 0 Å². The van der Waals surface area contributed by atoms with E-state index in [1.807, 2.05) is 19.2 Å². The van der Waals surface area contributed by atoms with Gasteiger partial charge in [-0.05, 0) is 18.7 Å². The molecule has 4 heteroatoms. The summed E-state index contributed by atoms with van der Waals surface area (Å²) in [5.41, 5.74) is 1.89. The van der Waals surface area contributed by atoms with Gasteiger partial charge in [0.1, 0.15) is 11.9 Å². The quantitative estimate of drug-likeness (QED) is 0.929. The highest BCUT2D eigenvalue weighted by atomic mass is 19.2. The number of fused-ring (bicyclic) bond motifs is 1. The summed E-state index contributed by atoms with van der Waals surface area (Å²) in [4.78, 5) is 0. The molecule has 1 heterocycles. The number of halogens is 2. The molecule has 0 saturated heterocycles. The van der Waals surface area contributed by atoms with Crippen LogP contribution in [0.15, 0.2) is 36.4 Å². The van der Waals surface area contributed by atoms with Gasteiger partial charge < -0.3 is 10.1 Å². The predicted octanol–water partition coefficient (Wildman–Crippen LogP) is 3.15. The maximum Gasteiger partial charge on any atom is 0.166 e. The lowest BCUT2D eigenvalue weighted by Crippen LogP contribution is -2.27. The highest BCUT2D eigenvalue weighted by Crippen LogP contribution is 2.39. The standard InChI is InChI=1S/C16H15F2NO/c1-19-9-11-8-10-4-2-6-13(16(10)20-11)12-5-3-7-14(17)15(12)18/h2-7,11,19H,8-9H2,1H3. The fraction of sp³-hybridized carbons (Fsp3) is 0.250. The van der Waals surface area contributed by atoms with Crippen molar-refractivity contribution in [3.63, 3.8) is 0 Å². The second-order valence-corrected chi connectivity index (χ2v) is 4.90. The molecule has 0 aromatic heterocycles. The van der Waals surface area contributed by atoms with E-state index in [-0.39, 0.29) is 11.7 Å². The van der Waals surface area contributed by atoms with Crippen molar-refractivity contribution in [3.05, 3.63) is 53.6 Å². The molecule has 104 valence electrons. The van der Waals surface area contributed by atoms with Crippen molar-refractivity contribution >= 4 is 0 Å². The average Bonchev–Trinajstić information content (AvgIpc) is 2.85. The Hall–Kier alpha value is -1.94. The molecule has 1 atom stereocenters. The molecule has 0 aliphatic carbocycles. The minimum absolute atomic E-state index is 0.0350. The molecule has 2 aromatic carbocycles. The number of benzene rings is 2. The lowest BCUT2D eigenvalue weighted by molar-refractivity contribution is 0.232. The lowest BCUT2D eigenvalue weighted by Gasteiger charge is -2.12. The van der Waals surface area contributed by atoms with E-state index in [0.29, 0.717) is 11.3 Å². The van der Waals surface area contributed by atoms with Gasteiger partial charge in [0.2, 0.25) is 0 Å². The van der Waals surface area contributed by atoms with Crippen LogP contribution >= 0.6 is 0 Å². The first-order chi connectivity index (χ1) is 9.70. The van der Waals surface area contributed by atoms with Gasteiger partial charge in [0.05, 0.1) is 0 Å². The van der Waals surface area contributed by atoms with E-state index in [0.717, 1.165) is 24.6 Å². The van der Waals surface area contributed by atoms with Crippen molar-refractivity contribution < 1.29 is 13.5 Å². The molecule has 1 aliphatic heterocycles.